The average molecular weight is 308 g/mol. The Hall–Kier alpha value is -1.52. The van der Waals surface area contributed by atoms with Crippen molar-refractivity contribution in [2.45, 2.75) is 58.8 Å². The molecule has 5 heteroatoms. The molecule has 0 saturated heterocycles. The Bertz CT molecular complexity index is 377. The molecule has 0 fully saturated rings. The number of carbonyl (C=O) groups is 1. The van der Waals surface area contributed by atoms with Crippen molar-refractivity contribution < 1.29 is 4.79 Å². The van der Waals surface area contributed by atoms with Gasteiger partial charge in [0.15, 0.2) is 5.96 Å². The smallest absolute Gasteiger partial charge is 0.221 e. The van der Waals surface area contributed by atoms with Gasteiger partial charge in [0, 0.05) is 26.1 Å². The summed E-state index contributed by atoms with van der Waals surface area (Å²) >= 11 is 0. The predicted molar refractivity (Wildman–Crippen MR) is 93.1 cm³/mol. The second kappa shape index (κ2) is 12.1. The fourth-order valence-electron chi connectivity index (χ4n) is 2.44. The molecule has 22 heavy (non-hydrogen) atoms. The van der Waals surface area contributed by atoms with Gasteiger partial charge in [0.25, 0.3) is 0 Å². The predicted octanol–water partition coefficient (Wildman–Crippen LogP) is 2.35. The lowest BCUT2D eigenvalue weighted by Gasteiger charge is -2.15. The maximum atomic E-state index is 11.5. The average Bonchev–Trinajstić information content (AvgIpc) is 2.54. The fraction of sp³-hybridized carbons (Fsp3) is 0.765. The number of carbonyl (C=O) groups excluding carboxylic acids is 1. The third-order valence-corrected chi connectivity index (χ3v) is 3.65. The molecule has 0 unspecified atom stereocenters. The summed E-state index contributed by atoms with van der Waals surface area (Å²) in [5.74, 6) is 0.885. The van der Waals surface area contributed by atoms with Crippen molar-refractivity contribution in [1.82, 2.24) is 16.0 Å². The molecule has 1 aliphatic carbocycles. The third-order valence-electron chi connectivity index (χ3n) is 3.65. The van der Waals surface area contributed by atoms with Gasteiger partial charge in [-0.25, -0.2) is 0 Å². The summed E-state index contributed by atoms with van der Waals surface area (Å²) in [6.07, 6.45) is 10.0. The maximum absolute atomic E-state index is 11.5. The van der Waals surface area contributed by atoms with Crippen LogP contribution in [0.25, 0.3) is 0 Å². The van der Waals surface area contributed by atoms with Gasteiger partial charge in [-0.05, 0) is 45.4 Å². The van der Waals surface area contributed by atoms with Crippen molar-refractivity contribution >= 4 is 11.9 Å². The highest BCUT2D eigenvalue weighted by molar-refractivity contribution is 5.80. The molecule has 5 nitrogen and oxygen atoms in total. The topological polar surface area (TPSA) is 65.5 Å². The number of rotatable bonds is 9. The molecule has 0 aromatic rings. The molecule has 0 aromatic carbocycles. The molecule has 1 aliphatic rings. The van der Waals surface area contributed by atoms with Crippen LogP contribution in [0.1, 0.15) is 58.8 Å². The maximum Gasteiger partial charge on any atom is 0.221 e. The quantitative estimate of drug-likeness (QED) is 0.348. The summed E-state index contributed by atoms with van der Waals surface area (Å²) < 4.78 is 0. The van der Waals surface area contributed by atoms with Crippen molar-refractivity contribution in [2.24, 2.45) is 4.99 Å². The number of hydrogen-bond acceptors (Lipinski definition) is 2. The molecule has 1 amide bonds. The van der Waals surface area contributed by atoms with Crippen LogP contribution in [0.5, 0.6) is 0 Å². The SMILES string of the molecule is CCCNC(=O)CCN=C(NCC)NCCC1=CCCCC1. The molecule has 0 atom stereocenters. The number of nitrogens with one attached hydrogen (secondary N) is 3. The van der Waals surface area contributed by atoms with E-state index in [1.165, 1.54) is 25.7 Å². The molecular weight excluding hydrogens is 276 g/mol. The summed E-state index contributed by atoms with van der Waals surface area (Å²) in [5, 5.41) is 9.44. The number of amides is 1. The van der Waals surface area contributed by atoms with Crippen LogP contribution in [0.3, 0.4) is 0 Å². The van der Waals surface area contributed by atoms with Crippen LogP contribution in [0, 0.1) is 0 Å². The first-order chi connectivity index (χ1) is 10.8. The highest BCUT2D eigenvalue weighted by Gasteiger charge is 2.04. The lowest BCUT2D eigenvalue weighted by atomic mass is 9.97. The standard InChI is InChI=1S/C17H32N4O/c1-3-12-19-16(22)11-14-21-17(18-4-2)20-13-10-15-8-6-5-7-9-15/h8H,3-7,9-14H2,1-2H3,(H,19,22)(H2,18,20,21). The molecule has 0 aliphatic heterocycles. The highest BCUT2D eigenvalue weighted by Crippen LogP contribution is 2.19. The zero-order valence-corrected chi connectivity index (χ0v) is 14.2. The Balaban J connectivity index is 2.25. The number of aliphatic imine (C=N–C) groups is 1. The van der Waals surface area contributed by atoms with Crippen LogP contribution in [0.15, 0.2) is 16.6 Å². The van der Waals surface area contributed by atoms with E-state index in [1.807, 2.05) is 6.92 Å². The summed E-state index contributed by atoms with van der Waals surface area (Å²) in [4.78, 5) is 16.0. The van der Waals surface area contributed by atoms with E-state index in [2.05, 4.69) is 33.9 Å². The summed E-state index contributed by atoms with van der Waals surface area (Å²) in [7, 11) is 0. The van der Waals surface area contributed by atoms with E-state index in [1.54, 1.807) is 5.57 Å². The molecule has 3 N–H and O–H groups in total. The summed E-state index contributed by atoms with van der Waals surface area (Å²) in [6, 6.07) is 0. The number of allylic oxidation sites excluding steroid dienone is 1. The molecule has 0 aromatic heterocycles. The first-order valence-corrected chi connectivity index (χ1v) is 8.73. The molecule has 0 spiro atoms. The van der Waals surface area contributed by atoms with Crippen LogP contribution < -0.4 is 16.0 Å². The van der Waals surface area contributed by atoms with E-state index in [4.69, 9.17) is 0 Å². The van der Waals surface area contributed by atoms with Gasteiger partial charge in [-0.2, -0.15) is 0 Å². The van der Waals surface area contributed by atoms with Crippen molar-refractivity contribution in [3.63, 3.8) is 0 Å². The van der Waals surface area contributed by atoms with Crippen LogP contribution in [0.2, 0.25) is 0 Å². The first kappa shape index (κ1) is 18.5. The van der Waals surface area contributed by atoms with Crippen molar-refractivity contribution in [3.05, 3.63) is 11.6 Å². The van der Waals surface area contributed by atoms with Crippen LogP contribution in [-0.2, 0) is 4.79 Å². The normalized spacial score (nSPS) is 15.2. The van der Waals surface area contributed by atoms with E-state index in [0.717, 1.165) is 38.4 Å². The Kier molecular flexibility index (Phi) is 10.2. The number of hydrogen-bond donors (Lipinski definition) is 3. The molecule has 0 heterocycles. The molecule has 0 bridgehead atoms. The molecule has 0 saturated carbocycles. The van der Waals surface area contributed by atoms with Crippen LogP contribution >= 0.6 is 0 Å². The van der Waals surface area contributed by atoms with E-state index < -0.39 is 0 Å². The molecule has 1 rings (SSSR count). The van der Waals surface area contributed by atoms with Crippen molar-refractivity contribution in [3.8, 4) is 0 Å². The van der Waals surface area contributed by atoms with Gasteiger partial charge < -0.3 is 16.0 Å². The van der Waals surface area contributed by atoms with E-state index in [0.29, 0.717) is 13.0 Å². The van der Waals surface area contributed by atoms with Gasteiger partial charge in [0.1, 0.15) is 0 Å². The lowest BCUT2D eigenvalue weighted by molar-refractivity contribution is -0.120. The van der Waals surface area contributed by atoms with Crippen LogP contribution in [0.4, 0.5) is 0 Å². The Morgan fingerprint density at radius 3 is 2.73 bits per heavy atom. The first-order valence-electron chi connectivity index (χ1n) is 8.73. The number of guanidine groups is 1. The summed E-state index contributed by atoms with van der Waals surface area (Å²) in [5.41, 5.74) is 1.56. The van der Waals surface area contributed by atoms with Gasteiger partial charge in [0.2, 0.25) is 5.91 Å². The number of nitrogens with zero attached hydrogens (tertiary/aromatic N) is 1. The van der Waals surface area contributed by atoms with Gasteiger partial charge >= 0.3 is 0 Å². The van der Waals surface area contributed by atoms with E-state index in [9.17, 15) is 4.79 Å². The largest absolute Gasteiger partial charge is 0.357 e. The minimum atomic E-state index is 0.0776. The zero-order chi connectivity index (χ0) is 16.0. The van der Waals surface area contributed by atoms with Crippen molar-refractivity contribution in [2.75, 3.05) is 26.2 Å². The van der Waals surface area contributed by atoms with Gasteiger partial charge in [-0.1, -0.05) is 18.6 Å². The zero-order valence-electron chi connectivity index (χ0n) is 14.2. The minimum absolute atomic E-state index is 0.0776. The Morgan fingerprint density at radius 2 is 2.05 bits per heavy atom. The highest BCUT2D eigenvalue weighted by atomic mass is 16.1. The van der Waals surface area contributed by atoms with E-state index in [-0.39, 0.29) is 5.91 Å². The van der Waals surface area contributed by atoms with Gasteiger partial charge in [0.05, 0.1) is 6.54 Å². The van der Waals surface area contributed by atoms with E-state index >= 15 is 0 Å². The third kappa shape index (κ3) is 8.70. The van der Waals surface area contributed by atoms with Gasteiger partial charge in [-0.15, -0.1) is 0 Å². The van der Waals surface area contributed by atoms with Crippen LogP contribution in [-0.4, -0.2) is 38.0 Å². The molecule has 0 radical (unpaired) electrons. The van der Waals surface area contributed by atoms with Crippen molar-refractivity contribution in [1.29, 1.82) is 0 Å². The van der Waals surface area contributed by atoms with Gasteiger partial charge in [-0.3, -0.25) is 9.79 Å². The Morgan fingerprint density at radius 1 is 1.18 bits per heavy atom. The molecule has 126 valence electrons. The fourth-order valence-corrected chi connectivity index (χ4v) is 2.44. The minimum Gasteiger partial charge on any atom is -0.357 e. The second-order valence-electron chi connectivity index (χ2n) is 5.65. The summed E-state index contributed by atoms with van der Waals surface area (Å²) in [6.45, 7) is 7.10. The monoisotopic (exact) mass is 308 g/mol. The Labute approximate surface area is 135 Å². The molecular formula is C17H32N4O. The lowest BCUT2D eigenvalue weighted by Crippen LogP contribution is -2.38. The second-order valence-corrected chi connectivity index (χ2v) is 5.65.